The number of hydrogen-bond donors (Lipinski definition) is 1. The number of hydrogen-bond acceptors (Lipinski definition) is 3. The molecule has 0 unspecified atom stereocenters. The van der Waals surface area contributed by atoms with Crippen molar-refractivity contribution in [2.45, 2.75) is 20.4 Å². The Kier molecular flexibility index (Phi) is 5.86. The molecule has 0 aliphatic carbocycles. The fourth-order valence-corrected chi connectivity index (χ4v) is 4.14. The fraction of sp³-hybridized carbons (Fsp3) is 0.208. The Bertz CT molecular complexity index is 1180. The number of anilines is 1. The highest BCUT2D eigenvalue weighted by Gasteiger charge is 2.32. The highest BCUT2D eigenvalue weighted by atomic mass is 32.1. The first-order valence-corrected chi connectivity index (χ1v) is 10.7. The van der Waals surface area contributed by atoms with Crippen molar-refractivity contribution in [2.24, 2.45) is 0 Å². The van der Waals surface area contributed by atoms with Gasteiger partial charge in [-0.2, -0.15) is 0 Å². The summed E-state index contributed by atoms with van der Waals surface area (Å²) in [6, 6.07) is 17.2. The van der Waals surface area contributed by atoms with Gasteiger partial charge in [-0.05, 0) is 50.3 Å². The van der Waals surface area contributed by atoms with E-state index in [1.807, 2.05) is 84.1 Å². The van der Waals surface area contributed by atoms with Gasteiger partial charge in [-0.1, -0.05) is 36.4 Å². The van der Waals surface area contributed by atoms with Crippen molar-refractivity contribution in [1.29, 1.82) is 0 Å². The number of aromatic nitrogens is 1. The second kappa shape index (κ2) is 8.73. The highest BCUT2D eigenvalue weighted by molar-refractivity contribution is 7.80. The lowest BCUT2D eigenvalue weighted by Gasteiger charge is -2.19. The van der Waals surface area contributed by atoms with Crippen molar-refractivity contribution in [3.8, 4) is 0 Å². The zero-order valence-electron chi connectivity index (χ0n) is 17.5. The summed E-state index contributed by atoms with van der Waals surface area (Å²) in [6.07, 6.45) is 3.72. The van der Waals surface area contributed by atoms with Gasteiger partial charge in [0, 0.05) is 35.8 Å². The number of nitrogens with zero attached hydrogens (tertiary/aromatic N) is 3. The third-order valence-corrected chi connectivity index (χ3v) is 5.72. The lowest BCUT2D eigenvalue weighted by atomic mass is 10.1. The van der Waals surface area contributed by atoms with Crippen LogP contribution in [0.15, 0.2) is 66.5 Å². The first kappa shape index (κ1) is 20.8. The van der Waals surface area contributed by atoms with Gasteiger partial charge < -0.3 is 14.8 Å². The van der Waals surface area contributed by atoms with E-state index in [2.05, 4.69) is 5.32 Å². The van der Waals surface area contributed by atoms with Gasteiger partial charge in [0.05, 0.1) is 5.69 Å². The van der Waals surface area contributed by atoms with Crippen LogP contribution >= 0.6 is 12.2 Å². The average Bonchev–Trinajstić information content (AvgIpc) is 3.26. The molecule has 3 aromatic rings. The number of carbonyl (C=O) groups is 2. The number of carbonyl (C=O) groups excluding carboxylic acids is 2. The van der Waals surface area contributed by atoms with Gasteiger partial charge in [0.15, 0.2) is 5.11 Å². The molecule has 1 aromatic heterocycles. The largest absolute Gasteiger partial charge is 0.342 e. The zero-order chi connectivity index (χ0) is 22.0. The fourth-order valence-electron chi connectivity index (χ4n) is 3.85. The molecule has 6 nitrogen and oxygen atoms in total. The van der Waals surface area contributed by atoms with E-state index in [4.69, 9.17) is 12.2 Å². The predicted molar refractivity (Wildman–Crippen MR) is 128 cm³/mol. The smallest absolute Gasteiger partial charge is 0.281 e. The van der Waals surface area contributed by atoms with E-state index in [1.54, 1.807) is 6.08 Å². The summed E-state index contributed by atoms with van der Waals surface area (Å²) < 4.78 is 1.94. The normalized spacial score (nSPS) is 15.0. The minimum absolute atomic E-state index is 0.0662. The second-order valence-electron chi connectivity index (χ2n) is 7.26. The van der Waals surface area contributed by atoms with Crippen LogP contribution < -0.4 is 10.2 Å². The molecule has 2 amide bonds. The average molecular weight is 433 g/mol. The van der Waals surface area contributed by atoms with E-state index in [0.717, 1.165) is 22.2 Å². The Balaban J connectivity index is 1.69. The number of likely N-dealkylation sites (N-methyl/N-ethyl adjacent to an activating group) is 1. The number of thiocarbonyl (C=S) groups is 1. The maximum absolute atomic E-state index is 13.0. The Morgan fingerprint density at radius 2 is 1.74 bits per heavy atom. The first-order valence-electron chi connectivity index (χ1n) is 10.3. The molecule has 0 radical (unpaired) electrons. The van der Waals surface area contributed by atoms with Crippen LogP contribution in [0.2, 0.25) is 0 Å². The first-order chi connectivity index (χ1) is 15.0. The minimum Gasteiger partial charge on any atom is -0.342 e. The molecule has 1 aliphatic heterocycles. The molecule has 1 N–H and O–H groups in total. The summed E-state index contributed by atoms with van der Waals surface area (Å²) in [5.74, 6) is -0.135. The van der Waals surface area contributed by atoms with E-state index in [0.29, 0.717) is 23.9 Å². The molecule has 158 valence electrons. The van der Waals surface area contributed by atoms with Gasteiger partial charge in [-0.15, -0.1) is 0 Å². The summed E-state index contributed by atoms with van der Waals surface area (Å²) in [7, 11) is 0. The van der Waals surface area contributed by atoms with Crippen molar-refractivity contribution in [3.63, 3.8) is 0 Å². The summed E-state index contributed by atoms with van der Waals surface area (Å²) in [4.78, 5) is 29.0. The van der Waals surface area contributed by atoms with Crippen LogP contribution in [0.1, 0.15) is 19.4 Å². The van der Waals surface area contributed by atoms with E-state index in [1.165, 1.54) is 4.90 Å². The molecule has 0 atom stereocenters. The minimum atomic E-state index is -0.202. The van der Waals surface area contributed by atoms with Crippen molar-refractivity contribution >= 4 is 51.8 Å². The molecule has 0 saturated carbocycles. The lowest BCUT2D eigenvalue weighted by Crippen LogP contribution is -2.33. The van der Waals surface area contributed by atoms with E-state index in [9.17, 15) is 9.59 Å². The second-order valence-corrected chi connectivity index (χ2v) is 7.65. The summed E-state index contributed by atoms with van der Waals surface area (Å²) >= 11 is 5.40. The van der Waals surface area contributed by atoms with Crippen LogP contribution in [0.5, 0.6) is 0 Å². The van der Waals surface area contributed by atoms with E-state index in [-0.39, 0.29) is 18.4 Å². The topological polar surface area (TPSA) is 57.6 Å². The van der Waals surface area contributed by atoms with Crippen LogP contribution in [-0.2, 0) is 16.1 Å². The van der Waals surface area contributed by atoms with Gasteiger partial charge in [0.2, 0.25) is 5.91 Å². The van der Waals surface area contributed by atoms with Crippen molar-refractivity contribution in [3.05, 3.63) is 72.1 Å². The number of amides is 2. The van der Waals surface area contributed by atoms with Gasteiger partial charge >= 0.3 is 0 Å². The molecule has 2 aromatic carbocycles. The Labute approximate surface area is 186 Å². The van der Waals surface area contributed by atoms with Crippen LogP contribution in [0.3, 0.4) is 0 Å². The Morgan fingerprint density at radius 1 is 1.06 bits per heavy atom. The molecular formula is C24H24N4O2S. The highest BCUT2D eigenvalue weighted by Crippen LogP contribution is 2.26. The number of rotatable bonds is 6. The van der Waals surface area contributed by atoms with Crippen LogP contribution in [0.4, 0.5) is 5.69 Å². The lowest BCUT2D eigenvalue weighted by molar-refractivity contribution is -0.131. The van der Waals surface area contributed by atoms with Crippen molar-refractivity contribution in [2.75, 3.05) is 18.0 Å². The summed E-state index contributed by atoms with van der Waals surface area (Å²) in [6.45, 7) is 5.56. The van der Waals surface area contributed by atoms with E-state index >= 15 is 0 Å². The molecule has 7 heteroatoms. The molecule has 1 fully saturated rings. The summed E-state index contributed by atoms with van der Waals surface area (Å²) in [5.41, 5.74) is 2.94. The predicted octanol–water partition coefficient (Wildman–Crippen LogP) is 3.77. The third-order valence-electron chi connectivity index (χ3n) is 5.43. The number of fused-ring (bicyclic) bond motifs is 1. The number of benzene rings is 2. The van der Waals surface area contributed by atoms with Gasteiger partial charge in [0.1, 0.15) is 12.2 Å². The maximum atomic E-state index is 13.0. The molecule has 1 aliphatic rings. The molecule has 4 rings (SSSR count). The number of nitrogens with one attached hydrogen (secondary N) is 1. The van der Waals surface area contributed by atoms with Crippen LogP contribution in [0, 0.1) is 0 Å². The van der Waals surface area contributed by atoms with Gasteiger partial charge in [-0.25, -0.2) is 0 Å². The number of para-hydroxylation sites is 2. The zero-order valence-corrected chi connectivity index (χ0v) is 18.4. The summed E-state index contributed by atoms with van der Waals surface area (Å²) in [5, 5.41) is 4.36. The van der Waals surface area contributed by atoms with Gasteiger partial charge in [-0.3, -0.25) is 14.5 Å². The monoisotopic (exact) mass is 432 g/mol. The quantitative estimate of drug-likeness (QED) is 0.476. The standard InChI is InChI=1S/C24H24N4O2S/c1-3-26(4-2)22(29)16-27-15-17(19-12-8-9-13-21(19)27)14-20-23(30)28(24(31)25-20)18-10-6-5-7-11-18/h5-15H,3-4,16H2,1-2H3,(H,25,31)/b20-14-. The molecule has 0 bridgehead atoms. The van der Waals surface area contributed by atoms with Gasteiger partial charge in [0.25, 0.3) is 5.91 Å². The SMILES string of the molecule is CCN(CC)C(=O)Cn1cc(/C=C2\NC(=S)N(c3ccccc3)C2=O)c2ccccc21. The van der Waals surface area contributed by atoms with Crippen molar-refractivity contribution < 1.29 is 9.59 Å². The van der Waals surface area contributed by atoms with Crippen LogP contribution in [0.25, 0.3) is 17.0 Å². The van der Waals surface area contributed by atoms with Crippen molar-refractivity contribution in [1.82, 2.24) is 14.8 Å². The maximum Gasteiger partial charge on any atom is 0.281 e. The Morgan fingerprint density at radius 3 is 2.45 bits per heavy atom. The molecule has 2 heterocycles. The van der Waals surface area contributed by atoms with E-state index < -0.39 is 0 Å². The molecular weight excluding hydrogens is 408 g/mol. The van der Waals surface area contributed by atoms with Crippen LogP contribution in [-0.4, -0.2) is 39.5 Å². The molecule has 31 heavy (non-hydrogen) atoms. The Hall–Kier alpha value is -3.45. The molecule has 0 spiro atoms. The molecule has 1 saturated heterocycles. The third kappa shape index (κ3) is 3.96.